The molecule has 0 saturated heterocycles. The molecule has 0 spiro atoms. The number of rotatable bonds is 10. The molecule has 0 radical (unpaired) electrons. The van der Waals surface area contributed by atoms with Crippen LogP contribution in [0.3, 0.4) is 0 Å². The molecule has 0 atom stereocenters. The van der Waals surface area contributed by atoms with Crippen LogP contribution in [0.5, 0.6) is 0 Å². The molecule has 3 aromatic heterocycles. The van der Waals surface area contributed by atoms with Gasteiger partial charge in [-0.15, -0.1) is 23.2 Å². The number of aromatic amines is 1. The van der Waals surface area contributed by atoms with Crippen LogP contribution in [-0.2, 0) is 14.1 Å². The van der Waals surface area contributed by atoms with Crippen LogP contribution in [0.15, 0.2) is 73.3 Å². The minimum Gasteiger partial charge on any atom is -0.369 e. The first-order valence-electron chi connectivity index (χ1n) is 13.5. The van der Waals surface area contributed by atoms with Crippen LogP contribution in [0.25, 0.3) is 22.3 Å². The number of carbonyl (C=O) groups excluding carboxylic acids is 2. The highest BCUT2D eigenvalue weighted by Crippen LogP contribution is 2.35. The number of benzene rings is 2. The summed E-state index contributed by atoms with van der Waals surface area (Å²) in [5, 5.41) is 6.18. The van der Waals surface area contributed by atoms with E-state index in [4.69, 9.17) is 23.2 Å². The number of hydrogen-bond donors (Lipinski definition) is 3. The number of alkyl halides is 2. The van der Waals surface area contributed by atoms with Crippen molar-refractivity contribution in [2.45, 2.75) is 6.92 Å². The molecule has 0 aliphatic carbocycles. The van der Waals surface area contributed by atoms with Gasteiger partial charge in [-0.05, 0) is 48.5 Å². The van der Waals surface area contributed by atoms with Crippen molar-refractivity contribution in [3.63, 3.8) is 0 Å². The third-order valence-electron chi connectivity index (χ3n) is 7.33. The Kier molecular flexibility index (Phi) is 8.80. The van der Waals surface area contributed by atoms with Crippen molar-refractivity contribution in [2.24, 2.45) is 14.1 Å². The highest BCUT2D eigenvalue weighted by molar-refractivity contribution is 6.18. The summed E-state index contributed by atoms with van der Waals surface area (Å²) in [5.74, 6) is 0.468. The van der Waals surface area contributed by atoms with Crippen LogP contribution in [0.1, 0.15) is 26.4 Å². The second-order valence-electron chi connectivity index (χ2n) is 9.94. The van der Waals surface area contributed by atoms with Crippen LogP contribution in [0.4, 0.5) is 17.1 Å². The number of hydrogen-bond acceptors (Lipinski definition) is 4. The number of halogens is 2. The highest BCUT2D eigenvalue weighted by Gasteiger charge is 2.23. The van der Waals surface area contributed by atoms with Crippen molar-refractivity contribution < 1.29 is 14.2 Å². The van der Waals surface area contributed by atoms with E-state index in [0.717, 1.165) is 33.7 Å². The summed E-state index contributed by atoms with van der Waals surface area (Å²) >= 11 is 11.9. The third kappa shape index (κ3) is 5.98. The molecule has 42 heavy (non-hydrogen) atoms. The fourth-order valence-electron chi connectivity index (χ4n) is 4.93. The zero-order chi connectivity index (χ0) is 29.8. The number of aromatic nitrogens is 4. The largest absolute Gasteiger partial charge is 0.369 e. The summed E-state index contributed by atoms with van der Waals surface area (Å²) in [6, 6.07) is 16.5. The van der Waals surface area contributed by atoms with Gasteiger partial charge in [0, 0.05) is 73.5 Å². The Hall–Kier alpha value is -4.34. The van der Waals surface area contributed by atoms with Crippen molar-refractivity contribution in [1.82, 2.24) is 14.5 Å². The summed E-state index contributed by atoms with van der Waals surface area (Å²) in [6.45, 7) is 3.27. The maximum absolute atomic E-state index is 13.4. The molecule has 11 heteroatoms. The first-order valence-corrected chi connectivity index (χ1v) is 14.5. The molecular formula is C31H32Cl2N7O2+. The molecule has 9 nitrogen and oxygen atoms in total. The average Bonchev–Trinajstić information content (AvgIpc) is 3.61. The first-order chi connectivity index (χ1) is 20.3. The predicted molar refractivity (Wildman–Crippen MR) is 169 cm³/mol. The number of anilines is 3. The van der Waals surface area contributed by atoms with E-state index < -0.39 is 0 Å². The fraction of sp³-hybridized carbons (Fsp3) is 0.226. The van der Waals surface area contributed by atoms with Gasteiger partial charge in [0.05, 0.1) is 28.7 Å². The van der Waals surface area contributed by atoms with Crippen molar-refractivity contribution in [1.29, 1.82) is 0 Å². The number of imidazole rings is 1. The number of pyridine rings is 1. The molecule has 2 aromatic carbocycles. The molecule has 5 rings (SSSR count). The van der Waals surface area contributed by atoms with Crippen molar-refractivity contribution in [2.75, 3.05) is 40.4 Å². The smallest absolute Gasteiger partial charge is 0.255 e. The second kappa shape index (κ2) is 12.7. The quantitative estimate of drug-likeness (QED) is 0.145. The summed E-state index contributed by atoms with van der Waals surface area (Å²) in [7, 11) is 3.83. The minimum absolute atomic E-state index is 0.244. The van der Waals surface area contributed by atoms with E-state index in [2.05, 4.69) is 25.5 Å². The topological polar surface area (TPSA) is 98.9 Å². The van der Waals surface area contributed by atoms with Gasteiger partial charge in [-0.3, -0.25) is 9.59 Å². The number of nitrogens with one attached hydrogen (secondary N) is 3. The van der Waals surface area contributed by atoms with Crippen LogP contribution >= 0.6 is 23.2 Å². The van der Waals surface area contributed by atoms with Crippen molar-refractivity contribution >= 4 is 63.1 Å². The molecule has 216 valence electrons. The number of aryl methyl sites for hydroxylation is 2. The van der Waals surface area contributed by atoms with Crippen LogP contribution in [-0.4, -0.2) is 51.2 Å². The molecule has 2 amide bonds. The molecule has 0 aliphatic rings. The lowest BCUT2D eigenvalue weighted by atomic mass is 10.1. The minimum atomic E-state index is -0.251. The SMILES string of the molecule is Cc1c(NC(=O)c2ccc3nc[nH]c3c2)c(-c2c(NC(=O)c3ccc(N(CCCl)CCCl)cc3)ccn2C)cc[n+]1C. The summed E-state index contributed by atoms with van der Waals surface area (Å²) in [5.41, 5.74) is 7.21. The second-order valence-corrected chi connectivity index (χ2v) is 10.7. The number of amides is 2. The van der Waals surface area contributed by atoms with Gasteiger partial charge in [-0.1, -0.05) is 0 Å². The van der Waals surface area contributed by atoms with Gasteiger partial charge in [0.2, 0.25) is 5.69 Å². The lowest BCUT2D eigenvalue weighted by Crippen LogP contribution is -2.33. The van der Waals surface area contributed by atoms with Gasteiger partial charge in [0.25, 0.3) is 11.8 Å². The molecule has 0 aliphatic heterocycles. The lowest BCUT2D eigenvalue weighted by molar-refractivity contribution is -0.676. The van der Waals surface area contributed by atoms with E-state index in [1.54, 1.807) is 30.6 Å². The van der Waals surface area contributed by atoms with Crippen molar-refractivity contribution in [3.05, 3.63) is 90.1 Å². The summed E-state index contributed by atoms with van der Waals surface area (Å²) in [6.07, 6.45) is 5.41. The zero-order valence-corrected chi connectivity index (χ0v) is 25.1. The Morgan fingerprint density at radius 1 is 0.976 bits per heavy atom. The van der Waals surface area contributed by atoms with Crippen molar-refractivity contribution in [3.8, 4) is 11.3 Å². The van der Waals surface area contributed by atoms with Gasteiger partial charge in [0.1, 0.15) is 12.7 Å². The van der Waals surface area contributed by atoms with Gasteiger partial charge in [0.15, 0.2) is 6.20 Å². The lowest BCUT2D eigenvalue weighted by Gasteiger charge is -2.23. The average molecular weight is 606 g/mol. The fourth-order valence-corrected chi connectivity index (χ4v) is 5.34. The Labute approximate surface area is 254 Å². The van der Waals surface area contributed by atoms with E-state index in [9.17, 15) is 9.59 Å². The molecule has 0 bridgehead atoms. The highest BCUT2D eigenvalue weighted by atomic mass is 35.5. The molecular weight excluding hydrogens is 573 g/mol. The molecule has 0 unspecified atom stereocenters. The normalized spacial score (nSPS) is 11.1. The molecule has 3 heterocycles. The molecule has 0 fully saturated rings. The first kappa shape index (κ1) is 29.2. The predicted octanol–water partition coefficient (Wildman–Crippen LogP) is 5.49. The monoisotopic (exact) mass is 604 g/mol. The van der Waals surface area contributed by atoms with E-state index in [0.29, 0.717) is 47.4 Å². The van der Waals surface area contributed by atoms with Gasteiger partial charge >= 0.3 is 0 Å². The Balaban J connectivity index is 1.43. The Bertz CT molecular complexity index is 1740. The maximum Gasteiger partial charge on any atom is 0.255 e. The zero-order valence-electron chi connectivity index (χ0n) is 23.6. The van der Waals surface area contributed by atoms with Crippen LogP contribution in [0, 0.1) is 6.92 Å². The van der Waals surface area contributed by atoms with Gasteiger partial charge in [-0.25, -0.2) is 9.55 Å². The number of nitrogens with zero attached hydrogens (tertiary/aromatic N) is 4. The molecule has 0 saturated carbocycles. The standard InChI is InChI=1S/C31H31Cl2N7O2/c1-20-28(37-31(42)22-6-9-25-27(18-22)35-19-34-25)24(10-14-38(20)2)29-26(11-15-39(29)3)36-30(41)21-4-7-23(8-5-21)40(16-12-32)17-13-33/h4-11,14-15,18-19H,12-13,16-17H2,1-3H3,(H2,34,35,37,42)/p+1. The Morgan fingerprint density at radius 3 is 2.38 bits per heavy atom. The van der Waals surface area contributed by atoms with Crippen LogP contribution in [0.2, 0.25) is 0 Å². The van der Waals surface area contributed by atoms with Crippen LogP contribution < -0.4 is 20.1 Å². The summed E-state index contributed by atoms with van der Waals surface area (Å²) < 4.78 is 3.87. The van der Waals surface area contributed by atoms with E-state index in [1.807, 2.05) is 72.9 Å². The number of H-pyrrole nitrogens is 1. The summed E-state index contributed by atoms with van der Waals surface area (Å²) in [4.78, 5) is 36.1. The third-order valence-corrected chi connectivity index (χ3v) is 7.66. The van der Waals surface area contributed by atoms with E-state index >= 15 is 0 Å². The van der Waals surface area contributed by atoms with E-state index in [1.165, 1.54) is 0 Å². The molecule has 5 aromatic rings. The van der Waals surface area contributed by atoms with E-state index in [-0.39, 0.29) is 11.8 Å². The number of fused-ring (bicyclic) bond motifs is 1. The molecule has 3 N–H and O–H groups in total. The maximum atomic E-state index is 13.4. The Morgan fingerprint density at radius 2 is 1.67 bits per heavy atom. The van der Waals surface area contributed by atoms with Gasteiger partial charge < -0.3 is 25.1 Å². The van der Waals surface area contributed by atoms with Gasteiger partial charge in [-0.2, -0.15) is 0 Å². The number of carbonyl (C=O) groups is 2.